The van der Waals surface area contributed by atoms with Crippen LogP contribution in [0.4, 0.5) is 0 Å². The van der Waals surface area contributed by atoms with E-state index in [1.165, 1.54) is 58.0 Å². The first-order chi connectivity index (χ1) is 7.78. The van der Waals surface area contributed by atoms with Crippen molar-refractivity contribution < 1.29 is 0 Å². The van der Waals surface area contributed by atoms with E-state index in [9.17, 15) is 0 Å². The summed E-state index contributed by atoms with van der Waals surface area (Å²) in [5.74, 6) is 1.01. The van der Waals surface area contributed by atoms with Gasteiger partial charge in [-0.25, -0.2) is 0 Å². The number of hydrogen-bond donors (Lipinski definition) is 1. The maximum absolute atomic E-state index is 3.89. The topological polar surface area (TPSA) is 15.3 Å². The van der Waals surface area contributed by atoms with Gasteiger partial charge in [0.1, 0.15) is 0 Å². The van der Waals surface area contributed by atoms with Gasteiger partial charge >= 0.3 is 0 Å². The third-order valence-corrected chi connectivity index (χ3v) is 4.53. The van der Waals surface area contributed by atoms with Crippen molar-refractivity contribution in [3.8, 4) is 0 Å². The minimum absolute atomic E-state index is 0.771. The molecule has 1 aliphatic carbocycles. The summed E-state index contributed by atoms with van der Waals surface area (Å²) < 4.78 is 0. The second kappa shape index (κ2) is 6.02. The molecule has 1 aliphatic heterocycles. The van der Waals surface area contributed by atoms with Gasteiger partial charge in [0.05, 0.1) is 0 Å². The van der Waals surface area contributed by atoms with Gasteiger partial charge in [0.2, 0.25) is 0 Å². The van der Waals surface area contributed by atoms with Gasteiger partial charge < -0.3 is 10.2 Å². The van der Waals surface area contributed by atoms with Crippen LogP contribution in [0.25, 0.3) is 0 Å². The Hall–Kier alpha value is -0.0800. The van der Waals surface area contributed by atoms with Crippen LogP contribution in [0.5, 0.6) is 0 Å². The molecular formula is C14H28N2. The molecule has 2 aliphatic rings. The zero-order chi connectivity index (χ0) is 11.4. The monoisotopic (exact) mass is 224 g/mol. The first kappa shape index (κ1) is 12.4. The molecule has 0 radical (unpaired) electrons. The molecule has 2 heteroatoms. The van der Waals surface area contributed by atoms with Crippen LogP contribution in [0.3, 0.4) is 0 Å². The second-order valence-electron chi connectivity index (χ2n) is 5.89. The highest BCUT2D eigenvalue weighted by Gasteiger charge is 2.24. The van der Waals surface area contributed by atoms with Crippen LogP contribution < -0.4 is 5.32 Å². The van der Waals surface area contributed by atoms with Crippen molar-refractivity contribution in [3.05, 3.63) is 0 Å². The smallest absolute Gasteiger partial charge is 0.0209 e. The van der Waals surface area contributed by atoms with E-state index in [4.69, 9.17) is 0 Å². The third kappa shape index (κ3) is 3.46. The summed E-state index contributed by atoms with van der Waals surface area (Å²) >= 11 is 0. The molecule has 94 valence electrons. The molecule has 0 spiro atoms. The molecule has 1 N–H and O–H groups in total. The summed E-state index contributed by atoms with van der Waals surface area (Å²) in [4.78, 5) is 2.45. The lowest BCUT2D eigenvalue weighted by molar-refractivity contribution is 0.362. The van der Waals surface area contributed by atoms with Crippen LogP contribution in [0.15, 0.2) is 0 Å². The normalized spacial score (nSPS) is 37.5. The number of hydrogen-bond acceptors (Lipinski definition) is 2. The van der Waals surface area contributed by atoms with E-state index in [1.807, 2.05) is 0 Å². The highest BCUT2D eigenvalue weighted by molar-refractivity contribution is 4.84. The summed E-state index contributed by atoms with van der Waals surface area (Å²) in [6.45, 7) is 4.89. The predicted molar refractivity (Wildman–Crippen MR) is 69.7 cm³/mol. The van der Waals surface area contributed by atoms with Crippen LogP contribution in [0, 0.1) is 5.92 Å². The lowest BCUT2D eigenvalue weighted by Crippen LogP contribution is -2.39. The number of likely N-dealkylation sites (N-methyl/N-ethyl adjacent to an activating group) is 1. The molecule has 0 aromatic heterocycles. The Morgan fingerprint density at radius 2 is 1.94 bits per heavy atom. The van der Waals surface area contributed by atoms with Gasteiger partial charge in [-0.15, -0.1) is 0 Å². The molecule has 0 aromatic rings. The quantitative estimate of drug-likeness (QED) is 0.741. The Balaban J connectivity index is 1.73. The molecule has 1 saturated heterocycles. The number of likely N-dealkylation sites (tertiary alicyclic amines) is 1. The van der Waals surface area contributed by atoms with Crippen molar-refractivity contribution in [1.82, 2.24) is 10.2 Å². The van der Waals surface area contributed by atoms with Gasteiger partial charge in [0.25, 0.3) is 0 Å². The molecule has 3 unspecified atom stereocenters. The molecule has 3 atom stereocenters. The van der Waals surface area contributed by atoms with Gasteiger partial charge in [0, 0.05) is 18.6 Å². The van der Waals surface area contributed by atoms with Crippen molar-refractivity contribution in [3.63, 3.8) is 0 Å². The third-order valence-electron chi connectivity index (χ3n) is 4.53. The summed E-state index contributed by atoms with van der Waals surface area (Å²) in [5, 5.41) is 3.89. The minimum Gasteiger partial charge on any atom is -0.310 e. The summed E-state index contributed by atoms with van der Waals surface area (Å²) in [5.41, 5.74) is 0. The number of nitrogens with zero attached hydrogens (tertiary/aromatic N) is 1. The molecule has 16 heavy (non-hydrogen) atoms. The molecule has 0 amide bonds. The Labute approximate surface area is 101 Å². The average Bonchev–Trinajstić information content (AvgIpc) is 2.55. The van der Waals surface area contributed by atoms with E-state index in [1.54, 1.807) is 0 Å². The fraction of sp³-hybridized carbons (Fsp3) is 1.00. The van der Waals surface area contributed by atoms with Crippen molar-refractivity contribution in [2.75, 3.05) is 20.1 Å². The van der Waals surface area contributed by atoms with Crippen molar-refractivity contribution in [1.29, 1.82) is 0 Å². The first-order valence-electron chi connectivity index (χ1n) is 7.22. The van der Waals surface area contributed by atoms with Crippen LogP contribution in [-0.2, 0) is 0 Å². The molecule has 0 bridgehead atoms. The maximum Gasteiger partial charge on any atom is 0.0209 e. The predicted octanol–water partition coefficient (Wildman–Crippen LogP) is 2.64. The Bertz CT molecular complexity index is 205. The molecule has 2 nitrogen and oxygen atoms in total. The van der Waals surface area contributed by atoms with Crippen LogP contribution in [-0.4, -0.2) is 37.1 Å². The molecule has 1 saturated carbocycles. The molecule has 2 fully saturated rings. The molecule has 2 rings (SSSR count). The summed E-state index contributed by atoms with van der Waals surface area (Å²) in [7, 11) is 2.24. The maximum atomic E-state index is 3.89. The van der Waals surface area contributed by atoms with Crippen LogP contribution in [0.1, 0.15) is 51.9 Å². The van der Waals surface area contributed by atoms with Gasteiger partial charge in [-0.2, -0.15) is 0 Å². The summed E-state index contributed by atoms with van der Waals surface area (Å²) in [6.07, 6.45) is 9.94. The lowest BCUT2D eigenvalue weighted by atomic mass is 9.97. The van der Waals surface area contributed by atoms with Gasteiger partial charge in [0.15, 0.2) is 0 Å². The summed E-state index contributed by atoms with van der Waals surface area (Å²) in [6, 6.07) is 1.58. The number of nitrogens with one attached hydrogen (secondary N) is 1. The molecular weight excluding hydrogens is 196 g/mol. The highest BCUT2D eigenvalue weighted by Crippen LogP contribution is 2.26. The standard InChI is InChI=1S/C14H28N2/c1-3-12-5-4-6-13(8-7-12)15-14-9-10-16(2)11-14/h12-15H,3-11H2,1-2H3. The van der Waals surface area contributed by atoms with E-state index >= 15 is 0 Å². The lowest BCUT2D eigenvalue weighted by Gasteiger charge is -2.21. The number of rotatable bonds is 3. The Kier molecular flexibility index (Phi) is 4.66. The first-order valence-corrected chi connectivity index (χ1v) is 7.22. The van der Waals surface area contributed by atoms with Crippen molar-refractivity contribution >= 4 is 0 Å². The fourth-order valence-corrected chi connectivity index (χ4v) is 3.36. The van der Waals surface area contributed by atoms with E-state index in [0.29, 0.717) is 0 Å². The fourth-order valence-electron chi connectivity index (χ4n) is 3.36. The minimum atomic E-state index is 0.771. The van der Waals surface area contributed by atoms with Crippen molar-refractivity contribution in [2.45, 2.75) is 64.0 Å². The van der Waals surface area contributed by atoms with Crippen LogP contribution >= 0.6 is 0 Å². The van der Waals surface area contributed by atoms with E-state index in [-0.39, 0.29) is 0 Å². The van der Waals surface area contributed by atoms with E-state index in [2.05, 4.69) is 24.2 Å². The average molecular weight is 224 g/mol. The Morgan fingerprint density at radius 3 is 2.62 bits per heavy atom. The van der Waals surface area contributed by atoms with E-state index < -0.39 is 0 Å². The second-order valence-corrected chi connectivity index (χ2v) is 5.89. The van der Waals surface area contributed by atoms with Gasteiger partial charge in [-0.3, -0.25) is 0 Å². The SMILES string of the molecule is CCC1CCCC(NC2CCN(C)C2)CC1. The van der Waals surface area contributed by atoms with Crippen molar-refractivity contribution in [2.24, 2.45) is 5.92 Å². The van der Waals surface area contributed by atoms with Gasteiger partial charge in [-0.1, -0.05) is 26.2 Å². The highest BCUT2D eigenvalue weighted by atomic mass is 15.2. The zero-order valence-electron chi connectivity index (χ0n) is 11.0. The largest absolute Gasteiger partial charge is 0.310 e. The van der Waals surface area contributed by atoms with Gasteiger partial charge in [-0.05, 0) is 45.2 Å². The Morgan fingerprint density at radius 1 is 1.06 bits per heavy atom. The molecule has 0 aromatic carbocycles. The molecule has 1 heterocycles. The zero-order valence-corrected chi connectivity index (χ0v) is 11.0. The van der Waals surface area contributed by atoms with Crippen LogP contribution in [0.2, 0.25) is 0 Å². The van der Waals surface area contributed by atoms with E-state index in [0.717, 1.165) is 18.0 Å².